The third-order valence-corrected chi connectivity index (χ3v) is 3.70. The SMILES string of the molecule is CC#CC(=O)NCC1CCCN(C(=O)c2ccccc2F)C1. The summed E-state index contributed by atoms with van der Waals surface area (Å²) < 4.78 is 13.7. The quantitative estimate of drug-likeness (QED) is 0.866. The van der Waals surface area contributed by atoms with Crippen molar-refractivity contribution in [3.8, 4) is 11.8 Å². The summed E-state index contributed by atoms with van der Waals surface area (Å²) in [6.07, 6.45) is 1.78. The van der Waals surface area contributed by atoms with Gasteiger partial charge in [-0.25, -0.2) is 4.39 Å². The topological polar surface area (TPSA) is 49.4 Å². The minimum absolute atomic E-state index is 0.101. The summed E-state index contributed by atoms with van der Waals surface area (Å²) in [6, 6.07) is 6.01. The van der Waals surface area contributed by atoms with Crippen molar-refractivity contribution in [3.05, 3.63) is 35.6 Å². The van der Waals surface area contributed by atoms with Crippen molar-refractivity contribution in [2.45, 2.75) is 19.8 Å². The molecule has 1 aromatic rings. The molecule has 0 aromatic heterocycles. The van der Waals surface area contributed by atoms with Gasteiger partial charge in [0.15, 0.2) is 0 Å². The van der Waals surface area contributed by atoms with E-state index in [4.69, 9.17) is 0 Å². The van der Waals surface area contributed by atoms with Gasteiger partial charge in [0.1, 0.15) is 5.82 Å². The fraction of sp³-hybridized carbons (Fsp3) is 0.412. The van der Waals surface area contributed by atoms with Crippen LogP contribution in [0, 0.1) is 23.6 Å². The molecular weight excluding hydrogens is 283 g/mol. The zero-order chi connectivity index (χ0) is 15.9. The third kappa shape index (κ3) is 4.08. The van der Waals surface area contributed by atoms with Crippen LogP contribution in [0.3, 0.4) is 0 Å². The molecule has 0 radical (unpaired) electrons. The maximum Gasteiger partial charge on any atom is 0.295 e. The van der Waals surface area contributed by atoms with Gasteiger partial charge in [0, 0.05) is 19.6 Å². The van der Waals surface area contributed by atoms with Gasteiger partial charge < -0.3 is 10.2 Å². The first-order valence-corrected chi connectivity index (χ1v) is 7.36. The van der Waals surface area contributed by atoms with E-state index < -0.39 is 5.82 Å². The van der Waals surface area contributed by atoms with E-state index in [0.717, 1.165) is 12.8 Å². The molecule has 4 nitrogen and oxygen atoms in total. The number of amides is 2. The van der Waals surface area contributed by atoms with E-state index >= 15 is 0 Å². The van der Waals surface area contributed by atoms with Crippen molar-refractivity contribution >= 4 is 11.8 Å². The Balaban J connectivity index is 1.95. The molecule has 1 aliphatic rings. The first-order valence-electron chi connectivity index (χ1n) is 7.36. The molecule has 22 heavy (non-hydrogen) atoms. The average Bonchev–Trinajstić information content (AvgIpc) is 2.53. The van der Waals surface area contributed by atoms with Crippen LogP contribution in [-0.4, -0.2) is 36.3 Å². The average molecular weight is 302 g/mol. The largest absolute Gasteiger partial charge is 0.345 e. The first kappa shape index (κ1) is 16.0. The van der Waals surface area contributed by atoms with E-state index in [1.165, 1.54) is 12.1 Å². The highest BCUT2D eigenvalue weighted by molar-refractivity contribution is 5.94. The minimum Gasteiger partial charge on any atom is -0.345 e. The van der Waals surface area contributed by atoms with E-state index in [-0.39, 0.29) is 23.3 Å². The van der Waals surface area contributed by atoms with Crippen LogP contribution in [0.1, 0.15) is 30.1 Å². The Labute approximate surface area is 129 Å². The summed E-state index contributed by atoms with van der Waals surface area (Å²) in [5, 5.41) is 2.74. The van der Waals surface area contributed by atoms with Gasteiger partial charge in [0.2, 0.25) is 0 Å². The third-order valence-electron chi connectivity index (χ3n) is 3.70. The minimum atomic E-state index is -0.499. The van der Waals surface area contributed by atoms with Crippen LogP contribution >= 0.6 is 0 Å². The van der Waals surface area contributed by atoms with Crippen molar-refractivity contribution in [1.82, 2.24) is 10.2 Å². The van der Waals surface area contributed by atoms with Gasteiger partial charge in [0.05, 0.1) is 5.56 Å². The number of likely N-dealkylation sites (tertiary alicyclic amines) is 1. The van der Waals surface area contributed by atoms with E-state index in [0.29, 0.717) is 19.6 Å². The number of carbonyl (C=O) groups excluding carboxylic acids is 2. The predicted octanol–water partition coefficient (Wildman–Crippen LogP) is 1.82. The van der Waals surface area contributed by atoms with Gasteiger partial charge in [-0.05, 0) is 43.7 Å². The molecule has 1 heterocycles. The van der Waals surface area contributed by atoms with Gasteiger partial charge in [-0.3, -0.25) is 9.59 Å². The molecule has 2 amide bonds. The second-order valence-electron chi connectivity index (χ2n) is 5.32. The Hall–Kier alpha value is -2.35. The normalized spacial score (nSPS) is 17.4. The molecule has 1 aromatic carbocycles. The van der Waals surface area contributed by atoms with Gasteiger partial charge in [-0.2, -0.15) is 0 Å². The molecule has 1 N–H and O–H groups in total. The molecule has 0 spiro atoms. The fourth-order valence-corrected chi connectivity index (χ4v) is 2.62. The van der Waals surface area contributed by atoms with Crippen LogP contribution in [-0.2, 0) is 4.79 Å². The van der Waals surface area contributed by atoms with Crippen LogP contribution in [0.25, 0.3) is 0 Å². The highest BCUT2D eigenvalue weighted by Gasteiger charge is 2.26. The van der Waals surface area contributed by atoms with E-state index in [9.17, 15) is 14.0 Å². The molecule has 1 unspecified atom stereocenters. The van der Waals surface area contributed by atoms with Gasteiger partial charge >= 0.3 is 0 Å². The summed E-state index contributed by atoms with van der Waals surface area (Å²) >= 11 is 0. The van der Waals surface area contributed by atoms with Gasteiger partial charge in [-0.1, -0.05) is 18.1 Å². The Kier molecular flexibility index (Phi) is 5.54. The number of halogens is 1. The summed E-state index contributed by atoms with van der Waals surface area (Å²) in [5.74, 6) is 4.04. The van der Waals surface area contributed by atoms with Crippen molar-refractivity contribution in [2.75, 3.05) is 19.6 Å². The van der Waals surface area contributed by atoms with Crippen LogP contribution in [0.5, 0.6) is 0 Å². The predicted molar refractivity (Wildman–Crippen MR) is 81.5 cm³/mol. The lowest BCUT2D eigenvalue weighted by Crippen LogP contribution is -2.43. The number of benzene rings is 1. The molecule has 1 aliphatic heterocycles. The Morgan fingerprint density at radius 1 is 1.41 bits per heavy atom. The molecule has 0 aliphatic carbocycles. The van der Waals surface area contributed by atoms with E-state index in [2.05, 4.69) is 17.2 Å². The molecule has 116 valence electrons. The maximum absolute atomic E-state index is 13.7. The smallest absolute Gasteiger partial charge is 0.295 e. The molecule has 0 bridgehead atoms. The van der Waals surface area contributed by atoms with Gasteiger partial charge in [0.25, 0.3) is 11.8 Å². The zero-order valence-electron chi connectivity index (χ0n) is 12.6. The molecule has 5 heteroatoms. The highest BCUT2D eigenvalue weighted by Crippen LogP contribution is 2.19. The molecule has 1 atom stereocenters. The molecule has 0 saturated carbocycles. The Morgan fingerprint density at radius 2 is 2.18 bits per heavy atom. The van der Waals surface area contributed by atoms with E-state index in [1.54, 1.807) is 24.0 Å². The Morgan fingerprint density at radius 3 is 2.91 bits per heavy atom. The second-order valence-corrected chi connectivity index (χ2v) is 5.32. The summed E-state index contributed by atoms with van der Waals surface area (Å²) in [7, 11) is 0. The number of rotatable bonds is 3. The van der Waals surface area contributed by atoms with Crippen LogP contribution in [0.15, 0.2) is 24.3 Å². The summed E-state index contributed by atoms with van der Waals surface area (Å²) in [6.45, 7) is 3.23. The lowest BCUT2D eigenvalue weighted by atomic mass is 9.97. The standard InChI is InChI=1S/C17H19FN2O2/c1-2-6-16(21)19-11-13-7-5-10-20(12-13)17(22)14-8-3-4-9-15(14)18/h3-4,8-9,13H,5,7,10-12H2,1H3,(H,19,21). The van der Waals surface area contributed by atoms with Crippen LogP contribution < -0.4 is 5.32 Å². The summed E-state index contributed by atoms with van der Waals surface area (Å²) in [4.78, 5) is 25.4. The molecule has 1 saturated heterocycles. The zero-order valence-corrected chi connectivity index (χ0v) is 12.6. The first-order chi connectivity index (χ1) is 10.6. The maximum atomic E-state index is 13.7. The van der Waals surface area contributed by atoms with Gasteiger partial charge in [-0.15, -0.1) is 0 Å². The molecule has 2 rings (SSSR count). The van der Waals surface area contributed by atoms with Crippen molar-refractivity contribution in [1.29, 1.82) is 0 Å². The van der Waals surface area contributed by atoms with Crippen LogP contribution in [0.4, 0.5) is 4.39 Å². The van der Waals surface area contributed by atoms with Crippen molar-refractivity contribution in [3.63, 3.8) is 0 Å². The number of nitrogens with zero attached hydrogens (tertiary/aromatic N) is 1. The molecular formula is C17H19FN2O2. The fourth-order valence-electron chi connectivity index (χ4n) is 2.62. The lowest BCUT2D eigenvalue weighted by molar-refractivity contribution is -0.115. The summed E-state index contributed by atoms with van der Waals surface area (Å²) in [5.41, 5.74) is 0.101. The number of piperidine rings is 1. The second kappa shape index (κ2) is 7.60. The number of nitrogens with one attached hydrogen (secondary N) is 1. The lowest BCUT2D eigenvalue weighted by Gasteiger charge is -2.32. The monoisotopic (exact) mass is 302 g/mol. The number of hydrogen-bond donors (Lipinski definition) is 1. The highest BCUT2D eigenvalue weighted by atomic mass is 19.1. The van der Waals surface area contributed by atoms with Crippen LogP contribution in [0.2, 0.25) is 0 Å². The molecule has 1 fully saturated rings. The number of hydrogen-bond acceptors (Lipinski definition) is 2. The number of carbonyl (C=O) groups is 2. The van der Waals surface area contributed by atoms with Crippen molar-refractivity contribution < 1.29 is 14.0 Å². The van der Waals surface area contributed by atoms with Crippen molar-refractivity contribution in [2.24, 2.45) is 5.92 Å². The van der Waals surface area contributed by atoms with E-state index in [1.807, 2.05) is 0 Å². The Bertz CT molecular complexity index is 619.